The Bertz CT molecular complexity index is 479. The van der Waals surface area contributed by atoms with Crippen LogP contribution in [0.15, 0.2) is 18.2 Å². The predicted molar refractivity (Wildman–Crippen MR) is 72.8 cm³/mol. The van der Waals surface area contributed by atoms with E-state index in [4.69, 9.17) is 11.6 Å². The third-order valence-electron chi connectivity index (χ3n) is 4.21. The molecule has 4 heteroatoms. The third-order valence-corrected chi connectivity index (χ3v) is 4.52. The van der Waals surface area contributed by atoms with Crippen LogP contribution < -0.4 is 0 Å². The number of benzene rings is 1. The molecule has 2 rings (SSSR count). The van der Waals surface area contributed by atoms with Crippen LogP contribution in [0.1, 0.15) is 38.2 Å². The first-order chi connectivity index (χ1) is 8.93. The zero-order valence-corrected chi connectivity index (χ0v) is 11.7. The van der Waals surface area contributed by atoms with E-state index in [2.05, 4.69) is 6.92 Å². The summed E-state index contributed by atoms with van der Waals surface area (Å²) in [7, 11) is 0. The lowest BCUT2D eigenvalue weighted by molar-refractivity contribution is -0.151. The molecule has 19 heavy (non-hydrogen) atoms. The summed E-state index contributed by atoms with van der Waals surface area (Å²) >= 11 is 5.65. The van der Waals surface area contributed by atoms with E-state index >= 15 is 0 Å². The van der Waals surface area contributed by atoms with Crippen LogP contribution in [0.4, 0.5) is 4.39 Å². The quantitative estimate of drug-likeness (QED) is 0.898. The van der Waals surface area contributed by atoms with Gasteiger partial charge in [0.2, 0.25) is 0 Å². The van der Waals surface area contributed by atoms with Crippen molar-refractivity contribution in [3.8, 4) is 0 Å². The van der Waals surface area contributed by atoms with Gasteiger partial charge in [0.1, 0.15) is 5.82 Å². The van der Waals surface area contributed by atoms with Crippen molar-refractivity contribution in [3.05, 3.63) is 34.6 Å². The lowest BCUT2D eigenvalue weighted by Crippen LogP contribution is -2.37. The molecule has 104 valence electrons. The lowest BCUT2D eigenvalue weighted by atomic mass is 9.68. The van der Waals surface area contributed by atoms with Gasteiger partial charge in [0, 0.05) is 0 Å². The number of carboxylic acids is 1. The molecule has 0 saturated heterocycles. The normalized spacial score (nSPS) is 27.2. The average molecular weight is 285 g/mol. The van der Waals surface area contributed by atoms with Gasteiger partial charge in [-0.15, -0.1) is 0 Å². The first-order valence-electron chi connectivity index (χ1n) is 6.60. The molecular weight excluding hydrogens is 267 g/mol. The number of rotatable bonds is 3. The highest BCUT2D eigenvalue weighted by molar-refractivity contribution is 6.30. The summed E-state index contributed by atoms with van der Waals surface area (Å²) in [6.07, 6.45) is 3.54. The highest BCUT2D eigenvalue weighted by Gasteiger charge is 2.41. The van der Waals surface area contributed by atoms with Crippen LogP contribution in [-0.4, -0.2) is 11.1 Å². The molecule has 1 saturated carbocycles. The van der Waals surface area contributed by atoms with E-state index in [1.807, 2.05) is 0 Å². The van der Waals surface area contributed by atoms with Crippen LogP contribution in [0, 0.1) is 17.2 Å². The van der Waals surface area contributed by atoms with Crippen molar-refractivity contribution in [1.29, 1.82) is 0 Å². The molecule has 0 unspecified atom stereocenters. The maximum Gasteiger partial charge on any atom is 0.309 e. The molecule has 0 bridgehead atoms. The molecule has 2 nitrogen and oxygen atoms in total. The first kappa shape index (κ1) is 14.3. The second-order valence-corrected chi connectivity index (χ2v) is 6.10. The summed E-state index contributed by atoms with van der Waals surface area (Å²) in [6, 6.07) is 4.56. The van der Waals surface area contributed by atoms with Gasteiger partial charge in [-0.1, -0.05) is 24.6 Å². The number of carbonyl (C=O) groups is 1. The fourth-order valence-electron chi connectivity index (χ4n) is 2.82. The molecule has 0 amide bonds. The second-order valence-electron chi connectivity index (χ2n) is 5.69. The Labute approximate surface area is 117 Å². The Morgan fingerprint density at radius 3 is 2.63 bits per heavy atom. The smallest absolute Gasteiger partial charge is 0.309 e. The molecule has 1 fully saturated rings. The Morgan fingerprint density at radius 1 is 1.47 bits per heavy atom. The Kier molecular flexibility index (Phi) is 4.14. The summed E-state index contributed by atoms with van der Waals surface area (Å²) < 4.78 is 13.4. The summed E-state index contributed by atoms with van der Waals surface area (Å²) in [5.74, 6) is -0.673. The van der Waals surface area contributed by atoms with E-state index in [0.717, 1.165) is 12.8 Å². The van der Waals surface area contributed by atoms with Gasteiger partial charge < -0.3 is 5.11 Å². The molecule has 0 heterocycles. The molecule has 0 radical (unpaired) electrons. The van der Waals surface area contributed by atoms with Gasteiger partial charge >= 0.3 is 5.97 Å². The monoisotopic (exact) mass is 284 g/mol. The van der Waals surface area contributed by atoms with Gasteiger partial charge in [-0.3, -0.25) is 4.79 Å². The maximum absolute atomic E-state index is 13.4. The van der Waals surface area contributed by atoms with Crippen LogP contribution in [0.2, 0.25) is 5.02 Å². The van der Waals surface area contributed by atoms with E-state index < -0.39 is 17.2 Å². The van der Waals surface area contributed by atoms with Crippen LogP contribution in [-0.2, 0) is 11.2 Å². The van der Waals surface area contributed by atoms with Crippen LogP contribution >= 0.6 is 11.6 Å². The van der Waals surface area contributed by atoms with Crippen molar-refractivity contribution in [2.75, 3.05) is 0 Å². The SMILES string of the molecule is CC1CCC(Cc2ccc(Cl)c(F)c2)(C(=O)O)CC1. The van der Waals surface area contributed by atoms with Crippen LogP contribution in [0.3, 0.4) is 0 Å². The minimum absolute atomic E-state index is 0.0744. The Morgan fingerprint density at radius 2 is 2.11 bits per heavy atom. The molecule has 1 aromatic rings. The summed E-state index contributed by atoms with van der Waals surface area (Å²) in [5.41, 5.74) is -0.0360. The van der Waals surface area contributed by atoms with Crippen molar-refractivity contribution in [1.82, 2.24) is 0 Å². The third kappa shape index (κ3) is 3.08. The zero-order valence-electron chi connectivity index (χ0n) is 11.0. The molecule has 1 aliphatic rings. The molecule has 0 aromatic heterocycles. The average Bonchev–Trinajstić information content (AvgIpc) is 2.37. The van der Waals surface area contributed by atoms with Gasteiger partial charge in [0.05, 0.1) is 10.4 Å². The Hall–Kier alpha value is -1.09. The van der Waals surface area contributed by atoms with Crippen LogP contribution in [0.25, 0.3) is 0 Å². The molecule has 1 N–H and O–H groups in total. The lowest BCUT2D eigenvalue weighted by Gasteiger charge is -2.36. The first-order valence-corrected chi connectivity index (χ1v) is 6.98. The van der Waals surface area contributed by atoms with Gasteiger partial charge in [-0.25, -0.2) is 4.39 Å². The summed E-state index contributed by atoms with van der Waals surface area (Å²) in [6.45, 7) is 2.15. The van der Waals surface area contributed by atoms with Crippen molar-refractivity contribution < 1.29 is 14.3 Å². The number of hydrogen-bond donors (Lipinski definition) is 1. The van der Waals surface area contributed by atoms with Gasteiger partial charge in [-0.05, 0) is 55.7 Å². The molecular formula is C15H18ClFO2. The van der Waals surface area contributed by atoms with Gasteiger partial charge in [0.15, 0.2) is 0 Å². The molecule has 0 aliphatic heterocycles. The maximum atomic E-state index is 13.4. The van der Waals surface area contributed by atoms with Crippen molar-refractivity contribution in [2.24, 2.45) is 11.3 Å². The highest BCUT2D eigenvalue weighted by atomic mass is 35.5. The molecule has 1 aliphatic carbocycles. The fraction of sp³-hybridized carbons (Fsp3) is 0.533. The van der Waals surface area contributed by atoms with E-state index in [9.17, 15) is 14.3 Å². The zero-order chi connectivity index (χ0) is 14.0. The topological polar surface area (TPSA) is 37.3 Å². The van der Waals surface area contributed by atoms with Gasteiger partial charge in [-0.2, -0.15) is 0 Å². The van der Waals surface area contributed by atoms with Crippen molar-refractivity contribution >= 4 is 17.6 Å². The number of carboxylic acid groups (broad SMARTS) is 1. The number of aliphatic carboxylic acids is 1. The summed E-state index contributed by atoms with van der Waals surface area (Å²) in [5, 5.41) is 9.61. The van der Waals surface area contributed by atoms with Crippen molar-refractivity contribution in [2.45, 2.75) is 39.0 Å². The van der Waals surface area contributed by atoms with E-state index in [1.54, 1.807) is 6.07 Å². The number of hydrogen-bond acceptors (Lipinski definition) is 1. The summed E-state index contributed by atoms with van der Waals surface area (Å²) in [4.78, 5) is 11.6. The number of halogens is 2. The second kappa shape index (κ2) is 5.49. The van der Waals surface area contributed by atoms with Crippen LogP contribution in [0.5, 0.6) is 0 Å². The highest BCUT2D eigenvalue weighted by Crippen LogP contribution is 2.41. The standard InChI is InChI=1S/C15H18ClFO2/c1-10-4-6-15(7-5-10,14(18)19)9-11-2-3-12(16)13(17)8-11/h2-3,8,10H,4-7,9H2,1H3,(H,18,19). The molecule has 1 aromatic carbocycles. The minimum Gasteiger partial charge on any atom is -0.481 e. The van der Waals surface area contributed by atoms with E-state index in [-0.39, 0.29) is 5.02 Å². The van der Waals surface area contributed by atoms with Crippen molar-refractivity contribution in [3.63, 3.8) is 0 Å². The van der Waals surface area contributed by atoms with Gasteiger partial charge in [0.25, 0.3) is 0 Å². The molecule has 0 spiro atoms. The molecule has 0 atom stereocenters. The predicted octanol–water partition coefficient (Wildman–Crippen LogP) is 4.30. The van der Waals surface area contributed by atoms with E-state index in [1.165, 1.54) is 12.1 Å². The Balaban J connectivity index is 2.21. The minimum atomic E-state index is -0.769. The van der Waals surface area contributed by atoms with E-state index in [0.29, 0.717) is 30.7 Å². The fourth-order valence-corrected chi connectivity index (χ4v) is 2.94. The largest absolute Gasteiger partial charge is 0.481 e.